The highest BCUT2D eigenvalue weighted by atomic mass is 16.2. The van der Waals surface area contributed by atoms with E-state index in [-0.39, 0.29) is 12.3 Å². The van der Waals surface area contributed by atoms with Gasteiger partial charge < -0.3 is 5.32 Å². The number of imide groups is 1. The summed E-state index contributed by atoms with van der Waals surface area (Å²) in [5, 5.41) is 2.39. The maximum Gasteiger partial charge on any atom is 0.262 e. The molecule has 0 unspecified atom stereocenters. The molecule has 6 nitrogen and oxygen atoms in total. The third-order valence-corrected chi connectivity index (χ3v) is 3.10. The molecule has 0 aromatic heterocycles. The normalized spacial score (nSPS) is 15.0. The molecule has 1 atom stereocenters. The molecule has 1 aliphatic heterocycles. The highest BCUT2D eigenvalue weighted by Gasteiger charge is 2.40. The Bertz CT molecular complexity index is 574. The molecule has 1 aromatic rings. The second-order valence-corrected chi connectivity index (χ2v) is 4.62. The lowest BCUT2D eigenvalue weighted by Gasteiger charge is -2.21. The predicted molar refractivity (Wildman–Crippen MR) is 70.1 cm³/mol. The quantitative estimate of drug-likeness (QED) is 0.804. The number of carbonyl (C=O) groups is 4. The van der Waals surface area contributed by atoms with Crippen LogP contribution in [-0.4, -0.2) is 41.0 Å². The molecule has 3 amide bonds. The first-order valence-corrected chi connectivity index (χ1v) is 6.17. The number of benzene rings is 1. The lowest BCUT2D eigenvalue weighted by Crippen LogP contribution is -2.48. The van der Waals surface area contributed by atoms with Crippen molar-refractivity contribution in [2.75, 3.05) is 6.54 Å². The number of ketones is 1. The van der Waals surface area contributed by atoms with Gasteiger partial charge in [0.05, 0.1) is 17.7 Å². The Kier molecular flexibility index (Phi) is 3.65. The third-order valence-electron chi connectivity index (χ3n) is 3.10. The zero-order valence-corrected chi connectivity index (χ0v) is 11.2. The minimum absolute atomic E-state index is 0.119. The smallest absolute Gasteiger partial charge is 0.262 e. The molecule has 0 radical (unpaired) electrons. The van der Waals surface area contributed by atoms with Crippen molar-refractivity contribution in [3.63, 3.8) is 0 Å². The molecule has 0 aliphatic carbocycles. The van der Waals surface area contributed by atoms with E-state index < -0.39 is 23.8 Å². The number of nitrogens with one attached hydrogen (secondary N) is 1. The van der Waals surface area contributed by atoms with Crippen LogP contribution < -0.4 is 5.32 Å². The number of hydrogen-bond donors (Lipinski definition) is 1. The van der Waals surface area contributed by atoms with E-state index in [2.05, 4.69) is 5.32 Å². The molecule has 1 aromatic carbocycles. The van der Waals surface area contributed by atoms with Crippen molar-refractivity contribution in [1.82, 2.24) is 10.2 Å². The van der Waals surface area contributed by atoms with Gasteiger partial charge in [-0.25, -0.2) is 0 Å². The van der Waals surface area contributed by atoms with Gasteiger partial charge >= 0.3 is 0 Å². The van der Waals surface area contributed by atoms with Gasteiger partial charge in [0.1, 0.15) is 11.8 Å². The van der Waals surface area contributed by atoms with Crippen molar-refractivity contribution < 1.29 is 19.2 Å². The number of amides is 3. The SMILES string of the molecule is CC(=O)CNC(=O)[C@@H](C)N1C(=O)c2ccccc2C1=O. The van der Waals surface area contributed by atoms with Crippen molar-refractivity contribution >= 4 is 23.5 Å². The Labute approximate surface area is 115 Å². The van der Waals surface area contributed by atoms with E-state index in [1.165, 1.54) is 13.8 Å². The summed E-state index contributed by atoms with van der Waals surface area (Å²) in [5.41, 5.74) is 0.590. The molecular weight excluding hydrogens is 260 g/mol. The van der Waals surface area contributed by atoms with Crippen LogP contribution in [-0.2, 0) is 9.59 Å². The van der Waals surface area contributed by atoms with E-state index >= 15 is 0 Å². The summed E-state index contributed by atoms with van der Waals surface area (Å²) >= 11 is 0. The van der Waals surface area contributed by atoms with Gasteiger partial charge in [0, 0.05) is 0 Å². The molecular formula is C14H14N2O4. The first-order valence-electron chi connectivity index (χ1n) is 6.17. The van der Waals surface area contributed by atoms with Crippen molar-refractivity contribution in [2.45, 2.75) is 19.9 Å². The molecule has 0 fully saturated rings. The summed E-state index contributed by atoms with van der Waals surface area (Å²) < 4.78 is 0. The summed E-state index contributed by atoms with van der Waals surface area (Å²) in [4.78, 5) is 47.9. The molecule has 1 aliphatic rings. The molecule has 1 N–H and O–H groups in total. The van der Waals surface area contributed by atoms with Gasteiger partial charge in [-0.05, 0) is 26.0 Å². The monoisotopic (exact) mass is 274 g/mol. The van der Waals surface area contributed by atoms with Gasteiger partial charge in [0.2, 0.25) is 5.91 Å². The van der Waals surface area contributed by atoms with Gasteiger partial charge in [0.15, 0.2) is 0 Å². The Hall–Kier alpha value is -2.50. The second-order valence-electron chi connectivity index (χ2n) is 4.62. The highest BCUT2D eigenvalue weighted by Crippen LogP contribution is 2.24. The van der Waals surface area contributed by atoms with Crippen LogP contribution in [0.1, 0.15) is 34.6 Å². The van der Waals surface area contributed by atoms with Gasteiger partial charge in [0.25, 0.3) is 11.8 Å². The Morgan fingerprint density at radius 1 is 1.15 bits per heavy atom. The minimum Gasteiger partial charge on any atom is -0.347 e. The fraction of sp³-hybridized carbons (Fsp3) is 0.286. The zero-order chi connectivity index (χ0) is 14.9. The molecule has 0 bridgehead atoms. The van der Waals surface area contributed by atoms with Gasteiger partial charge in [-0.2, -0.15) is 0 Å². The largest absolute Gasteiger partial charge is 0.347 e. The van der Waals surface area contributed by atoms with Gasteiger partial charge in [-0.15, -0.1) is 0 Å². The Balaban J connectivity index is 2.19. The summed E-state index contributed by atoms with van der Waals surface area (Å²) in [7, 11) is 0. The predicted octanol–water partition coefficient (Wildman–Crippen LogP) is 0.376. The molecule has 2 rings (SSSR count). The Morgan fingerprint density at radius 2 is 1.65 bits per heavy atom. The van der Waals surface area contributed by atoms with Crippen LogP contribution in [0.25, 0.3) is 0 Å². The topological polar surface area (TPSA) is 83.6 Å². The minimum atomic E-state index is -0.957. The van der Waals surface area contributed by atoms with Crippen LogP contribution in [0, 0.1) is 0 Å². The van der Waals surface area contributed by atoms with Crippen molar-refractivity contribution in [1.29, 1.82) is 0 Å². The van der Waals surface area contributed by atoms with Crippen LogP contribution in [0.5, 0.6) is 0 Å². The van der Waals surface area contributed by atoms with Crippen molar-refractivity contribution in [3.8, 4) is 0 Å². The van der Waals surface area contributed by atoms with Crippen molar-refractivity contribution in [3.05, 3.63) is 35.4 Å². The second kappa shape index (κ2) is 5.24. The first-order chi connectivity index (χ1) is 9.43. The van der Waals surface area contributed by atoms with Crippen LogP contribution >= 0.6 is 0 Å². The summed E-state index contributed by atoms with van der Waals surface area (Å²) in [5.74, 6) is -1.71. The van der Waals surface area contributed by atoms with Crippen LogP contribution in [0.15, 0.2) is 24.3 Å². The fourth-order valence-corrected chi connectivity index (χ4v) is 2.04. The summed E-state index contributed by atoms with van der Waals surface area (Å²) in [6.45, 7) is 2.68. The number of carbonyl (C=O) groups excluding carboxylic acids is 4. The fourth-order valence-electron chi connectivity index (χ4n) is 2.04. The molecule has 0 spiro atoms. The van der Waals surface area contributed by atoms with E-state index in [1.807, 2.05) is 0 Å². The van der Waals surface area contributed by atoms with Crippen molar-refractivity contribution in [2.24, 2.45) is 0 Å². The van der Waals surface area contributed by atoms with E-state index in [1.54, 1.807) is 24.3 Å². The van der Waals surface area contributed by atoms with E-state index in [0.717, 1.165) is 4.90 Å². The van der Waals surface area contributed by atoms with Crippen LogP contribution in [0.3, 0.4) is 0 Å². The lowest BCUT2D eigenvalue weighted by atomic mass is 10.1. The average Bonchev–Trinajstić information content (AvgIpc) is 2.68. The molecule has 104 valence electrons. The number of fused-ring (bicyclic) bond motifs is 1. The molecule has 0 saturated carbocycles. The number of Topliss-reactive ketones (excluding diaryl/α,β-unsaturated/α-hetero) is 1. The summed E-state index contributed by atoms with van der Waals surface area (Å²) in [6, 6.07) is 5.47. The third kappa shape index (κ3) is 2.32. The molecule has 20 heavy (non-hydrogen) atoms. The summed E-state index contributed by atoms with van der Waals surface area (Å²) in [6.07, 6.45) is 0. The van der Waals surface area contributed by atoms with Crippen LogP contribution in [0.2, 0.25) is 0 Å². The number of hydrogen-bond acceptors (Lipinski definition) is 4. The number of nitrogens with zero attached hydrogens (tertiary/aromatic N) is 1. The highest BCUT2D eigenvalue weighted by molar-refractivity contribution is 6.22. The van der Waals surface area contributed by atoms with E-state index in [0.29, 0.717) is 11.1 Å². The van der Waals surface area contributed by atoms with Gasteiger partial charge in [-0.1, -0.05) is 12.1 Å². The Morgan fingerprint density at radius 3 is 2.10 bits per heavy atom. The van der Waals surface area contributed by atoms with Gasteiger partial charge in [-0.3, -0.25) is 24.1 Å². The lowest BCUT2D eigenvalue weighted by molar-refractivity contribution is -0.127. The maximum absolute atomic E-state index is 12.1. The standard InChI is InChI=1S/C14H14N2O4/c1-8(17)7-15-12(18)9(2)16-13(19)10-5-3-4-6-11(10)14(16)20/h3-6,9H,7H2,1-2H3,(H,15,18)/t9-/m1/s1. The van der Waals surface area contributed by atoms with E-state index in [4.69, 9.17) is 0 Å². The zero-order valence-electron chi connectivity index (χ0n) is 11.2. The average molecular weight is 274 g/mol. The van der Waals surface area contributed by atoms with Crippen LogP contribution in [0.4, 0.5) is 0 Å². The molecule has 0 saturated heterocycles. The first kappa shape index (κ1) is 13.9. The molecule has 6 heteroatoms. The molecule has 1 heterocycles. The van der Waals surface area contributed by atoms with E-state index in [9.17, 15) is 19.2 Å². The number of rotatable bonds is 4. The maximum atomic E-state index is 12.1.